The smallest absolute Gasteiger partial charge is 0.140 e. The molecule has 0 unspecified atom stereocenters. The van der Waals surface area contributed by atoms with E-state index in [0.717, 1.165) is 18.4 Å². The van der Waals surface area contributed by atoms with Crippen LogP contribution in [0.15, 0.2) is 18.3 Å². The fourth-order valence-corrected chi connectivity index (χ4v) is 2.37. The standard InChI is InChI=1S/C13H18N2O/c14-13-9-10(6-7-15-13)8-12(16)11-4-2-1-3-5-11/h6-7,9,11H,1-5,8H2,(H2,14,15). The number of nitrogens with two attached hydrogens (primary N) is 1. The number of ketones is 1. The largest absolute Gasteiger partial charge is 0.384 e. The second-order valence-electron chi connectivity index (χ2n) is 4.57. The van der Waals surface area contributed by atoms with Crippen molar-refractivity contribution in [3.05, 3.63) is 23.9 Å². The van der Waals surface area contributed by atoms with Crippen LogP contribution in [0.25, 0.3) is 0 Å². The van der Waals surface area contributed by atoms with Crippen LogP contribution < -0.4 is 5.73 Å². The van der Waals surface area contributed by atoms with E-state index in [1.807, 2.05) is 6.07 Å². The second-order valence-corrected chi connectivity index (χ2v) is 4.57. The van der Waals surface area contributed by atoms with E-state index >= 15 is 0 Å². The molecule has 0 amide bonds. The molecule has 1 aliphatic carbocycles. The Morgan fingerprint density at radius 3 is 2.81 bits per heavy atom. The zero-order valence-electron chi connectivity index (χ0n) is 9.48. The average molecular weight is 218 g/mol. The van der Waals surface area contributed by atoms with E-state index in [-0.39, 0.29) is 5.92 Å². The highest BCUT2D eigenvalue weighted by molar-refractivity contribution is 5.83. The van der Waals surface area contributed by atoms with Gasteiger partial charge < -0.3 is 5.73 Å². The van der Waals surface area contributed by atoms with E-state index in [0.29, 0.717) is 18.0 Å². The van der Waals surface area contributed by atoms with E-state index in [4.69, 9.17) is 5.73 Å². The predicted molar refractivity (Wildman–Crippen MR) is 63.9 cm³/mol. The van der Waals surface area contributed by atoms with Crippen molar-refractivity contribution in [2.24, 2.45) is 5.92 Å². The van der Waals surface area contributed by atoms with Crippen molar-refractivity contribution in [1.29, 1.82) is 0 Å². The van der Waals surface area contributed by atoms with Gasteiger partial charge in [0, 0.05) is 18.5 Å². The first-order chi connectivity index (χ1) is 7.75. The molecule has 2 rings (SSSR count). The topological polar surface area (TPSA) is 56.0 Å². The molecule has 1 aromatic heterocycles. The van der Waals surface area contributed by atoms with Crippen molar-refractivity contribution in [1.82, 2.24) is 4.98 Å². The summed E-state index contributed by atoms with van der Waals surface area (Å²) in [5, 5.41) is 0. The summed E-state index contributed by atoms with van der Waals surface area (Å²) in [4.78, 5) is 15.9. The molecule has 1 aliphatic rings. The van der Waals surface area contributed by atoms with Crippen LogP contribution in [-0.4, -0.2) is 10.8 Å². The maximum absolute atomic E-state index is 12.0. The van der Waals surface area contributed by atoms with Crippen LogP contribution in [0.5, 0.6) is 0 Å². The number of anilines is 1. The summed E-state index contributed by atoms with van der Waals surface area (Å²) < 4.78 is 0. The molecule has 0 atom stereocenters. The monoisotopic (exact) mass is 218 g/mol. The van der Waals surface area contributed by atoms with Gasteiger partial charge in [-0.15, -0.1) is 0 Å². The molecule has 1 aromatic rings. The van der Waals surface area contributed by atoms with Crippen LogP contribution >= 0.6 is 0 Å². The van der Waals surface area contributed by atoms with E-state index in [1.54, 1.807) is 12.3 Å². The highest BCUT2D eigenvalue weighted by Crippen LogP contribution is 2.25. The minimum atomic E-state index is 0.281. The molecule has 1 heterocycles. The number of carbonyl (C=O) groups excluding carboxylic acids is 1. The quantitative estimate of drug-likeness (QED) is 0.847. The highest BCUT2D eigenvalue weighted by atomic mass is 16.1. The van der Waals surface area contributed by atoms with Crippen LogP contribution in [0.4, 0.5) is 5.82 Å². The molecule has 2 N–H and O–H groups in total. The Kier molecular flexibility index (Phi) is 3.54. The molecule has 0 aromatic carbocycles. The van der Waals surface area contributed by atoms with Crippen molar-refractivity contribution in [3.63, 3.8) is 0 Å². The van der Waals surface area contributed by atoms with Crippen LogP contribution in [0.2, 0.25) is 0 Å². The molecule has 1 fully saturated rings. The molecule has 3 nitrogen and oxygen atoms in total. The highest BCUT2D eigenvalue weighted by Gasteiger charge is 2.20. The van der Waals surface area contributed by atoms with Crippen molar-refractivity contribution in [3.8, 4) is 0 Å². The van der Waals surface area contributed by atoms with Gasteiger partial charge >= 0.3 is 0 Å². The maximum Gasteiger partial charge on any atom is 0.140 e. The van der Waals surface area contributed by atoms with Crippen LogP contribution in [0, 0.1) is 5.92 Å². The number of pyridine rings is 1. The SMILES string of the molecule is Nc1cc(CC(=O)C2CCCCC2)ccn1. The molecule has 0 bridgehead atoms. The average Bonchev–Trinajstić information content (AvgIpc) is 2.30. The lowest BCUT2D eigenvalue weighted by atomic mass is 9.84. The minimum Gasteiger partial charge on any atom is -0.384 e. The molecule has 0 aliphatic heterocycles. The number of nitrogens with zero attached hydrogens (tertiary/aromatic N) is 1. The fraction of sp³-hybridized carbons (Fsp3) is 0.538. The predicted octanol–water partition coefficient (Wildman–Crippen LogP) is 2.36. The van der Waals surface area contributed by atoms with Gasteiger partial charge in [0.05, 0.1) is 0 Å². The summed E-state index contributed by atoms with van der Waals surface area (Å²) in [6, 6.07) is 3.66. The number of carbonyl (C=O) groups is 1. The third-order valence-electron chi connectivity index (χ3n) is 3.28. The molecule has 0 radical (unpaired) electrons. The van der Waals surface area contributed by atoms with Gasteiger partial charge in [-0.05, 0) is 30.5 Å². The third-order valence-corrected chi connectivity index (χ3v) is 3.28. The van der Waals surface area contributed by atoms with Crippen LogP contribution in [0.1, 0.15) is 37.7 Å². The maximum atomic E-state index is 12.0. The lowest BCUT2D eigenvalue weighted by molar-refractivity contribution is -0.123. The molecule has 16 heavy (non-hydrogen) atoms. The number of rotatable bonds is 3. The minimum absolute atomic E-state index is 0.281. The summed E-state index contributed by atoms with van der Waals surface area (Å²) in [6.07, 6.45) is 8.00. The number of hydrogen-bond acceptors (Lipinski definition) is 3. The van der Waals surface area contributed by atoms with E-state index < -0.39 is 0 Å². The molecular weight excluding hydrogens is 200 g/mol. The summed E-state index contributed by atoms with van der Waals surface area (Å²) >= 11 is 0. The molecule has 3 heteroatoms. The fourth-order valence-electron chi connectivity index (χ4n) is 2.37. The van der Waals surface area contributed by atoms with Gasteiger partial charge in [-0.3, -0.25) is 4.79 Å². The Balaban J connectivity index is 1.96. The van der Waals surface area contributed by atoms with Crippen LogP contribution in [-0.2, 0) is 11.2 Å². The van der Waals surface area contributed by atoms with Crippen molar-refractivity contribution in [2.45, 2.75) is 38.5 Å². The molecular formula is C13H18N2O. The molecule has 0 saturated heterocycles. The summed E-state index contributed by atoms with van der Waals surface area (Å²) in [5.41, 5.74) is 6.58. The Hall–Kier alpha value is -1.38. The summed E-state index contributed by atoms with van der Waals surface area (Å²) in [5.74, 6) is 1.14. The van der Waals surface area contributed by atoms with Gasteiger partial charge in [0.2, 0.25) is 0 Å². The van der Waals surface area contributed by atoms with Crippen LogP contribution in [0.3, 0.4) is 0 Å². The van der Waals surface area contributed by atoms with Crippen molar-refractivity contribution < 1.29 is 4.79 Å². The molecule has 1 saturated carbocycles. The Morgan fingerprint density at radius 2 is 2.12 bits per heavy atom. The van der Waals surface area contributed by atoms with Crippen molar-refractivity contribution >= 4 is 11.6 Å². The lowest BCUT2D eigenvalue weighted by Crippen LogP contribution is -2.19. The van der Waals surface area contributed by atoms with E-state index in [1.165, 1.54) is 19.3 Å². The number of nitrogen functional groups attached to an aromatic ring is 1. The number of Topliss-reactive ketones (excluding diaryl/α,β-unsaturated/α-hetero) is 1. The first-order valence-corrected chi connectivity index (χ1v) is 5.99. The molecule has 86 valence electrons. The van der Waals surface area contributed by atoms with Gasteiger partial charge in [-0.1, -0.05) is 19.3 Å². The van der Waals surface area contributed by atoms with Gasteiger partial charge in [0.1, 0.15) is 11.6 Å². The number of aromatic nitrogens is 1. The first-order valence-electron chi connectivity index (χ1n) is 5.99. The Labute approximate surface area is 96.1 Å². The van der Waals surface area contributed by atoms with E-state index in [9.17, 15) is 4.79 Å². The van der Waals surface area contributed by atoms with Crippen molar-refractivity contribution in [2.75, 3.05) is 5.73 Å². The number of hydrogen-bond donors (Lipinski definition) is 1. The van der Waals surface area contributed by atoms with Gasteiger partial charge in [-0.25, -0.2) is 4.98 Å². The first kappa shape index (κ1) is 11.1. The summed E-state index contributed by atoms with van der Waals surface area (Å²) in [6.45, 7) is 0. The molecule has 0 spiro atoms. The van der Waals surface area contributed by atoms with Gasteiger partial charge in [0.15, 0.2) is 0 Å². The zero-order valence-corrected chi connectivity index (χ0v) is 9.48. The lowest BCUT2D eigenvalue weighted by Gasteiger charge is -2.20. The normalized spacial score (nSPS) is 17.2. The van der Waals surface area contributed by atoms with E-state index in [2.05, 4.69) is 4.98 Å². The van der Waals surface area contributed by atoms with Gasteiger partial charge in [0.25, 0.3) is 0 Å². The second kappa shape index (κ2) is 5.10. The zero-order chi connectivity index (χ0) is 11.4. The third kappa shape index (κ3) is 2.81. The summed E-state index contributed by atoms with van der Waals surface area (Å²) in [7, 11) is 0. The Bertz CT molecular complexity index is 370. The van der Waals surface area contributed by atoms with Gasteiger partial charge in [-0.2, -0.15) is 0 Å². The Morgan fingerprint density at radius 1 is 1.38 bits per heavy atom.